The lowest BCUT2D eigenvalue weighted by Crippen LogP contribution is -2.48. The van der Waals surface area contributed by atoms with Gasteiger partial charge in [-0.3, -0.25) is 4.79 Å². The van der Waals surface area contributed by atoms with Crippen LogP contribution in [0.4, 0.5) is 0 Å². The molecule has 0 bridgehead atoms. The Morgan fingerprint density at radius 1 is 1.17 bits per heavy atom. The van der Waals surface area contributed by atoms with Gasteiger partial charge in [0.2, 0.25) is 12.7 Å². The number of carbonyl (C=O) groups is 1. The second-order valence-electron chi connectivity index (χ2n) is 7.04. The van der Waals surface area contributed by atoms with E-state index in [2.05, 4.69) is 0 Å². The molecule has 1 saturated heterocycles. The first-order valence-electron chi connectivity index (χ1n) is 8.19. The molecule has 0 unspecified atom stereocenters. The molecule has 1 aliphatic carbocycles. The number of hydrogen-bond acceptors (Lipinski definition) is 5. The van der Waals surface area contributed by atoms with Gasteiger partial charge < -0.3 is 24.6 Å². The highest BCUT2D eigenvalue weighted by molar-refractivity contribution is 5.80. The van der Waals surface area contributed by atoms with Crippen molar-refractivity contribution in [1.82, 2.24) is 4.90 Å². The molecule has 3 aliphatic heterocycles. The van der Waals surface area contributed by atoms with Gasteiger partial charge in [-0.2, -0.15) is 0 Å². The van der Waals surface area contributed by atoms with Crippen LogP contribution in [0.15, 0.2) is 12.1 Å². The number of carbonyl (C=O) groups excluding carboxylic acids is 1. The molecule has 0 aromatic heterocycles. The van der Waals surface area contributed by atoms with Crippen LogP contribution in [0, 0.1) is 0 Å². The molecule has 2 N–H and O–H groups in total. The third-order valence-electron chi connectivity index (χ3n) is 6.06. The van der Waals surface area contributed by atoms with E-state index in [1.165, 1.54) is 0 Å². The van der Waals surface area contributed by atoms with Crippen LogP contribution in [0.2, 0.25) is 0 Å². The van der Waals surface area contributed by atoms with Gasteiger partial charge in [0.25, 0.3) is 0 Å². The normalized spacial score (nSPS) is 37.4. The van der Waals surface area contributed by atoms with E-state index in [1.807, 2.05) is 17.0 Å². The van der Waals surface area contributed by atoms with Crippen molar-refractivity contribution in [1.29, 1.82) is 0 Å². The molecular formula is C17H19NO5. The molecule has 6 nitrogen and oxygen atoms in total. The van der Waals surface area contributed by atoms with Gasteiger partial charge >= 0.3 is 0 Å². The summed E-state index contributed by atoms with van der Waals surface area (Å²) in [6.07, 6.45) is 0.705. The number of aliphatic hydroxyl groups is 2. The fourth-order valence-corrected chi connectivity index (χ4v) is 5.09. The van der Waals surface area contributed by atoms with E-state index < -0.39 is 17.7 Å². The predicted octanol–water partition coefficient (Wildman–Crippen LogP) is 0.542. The number of hydrogen-bond donors (Lipinski definition) is 2. The molecule has 5 rings (SSSR count). The van der Waals surface area contributed by atoms with Crippen LogP contribution < -0.4 is 9.47 Å². The number of rotatable bonds is 0. The number of fused-ring (bicyclic) bond motifs is 3. The number of benzene rings is 1. The van der Waals surface area contributed by atoms with E-state index in [0.29, 0.717) is 31.6 Å². The van der Waals surface area contributed by atoms with Crippen molar-refractivity contribution in [3.8, 4) is 11.5 Å². The molecule has 0 radical (unpaired) electrons. The van der Waals surface area contributed by atoms with Crippen molar-refractivity contribution < 1.29 is 24.5 Å². The summed E-state index contributed by atoms with van der Waals surface area (Å²) in [5.41, 5.74) is 1.61. The molecule has 1 saturated carbocycles. The van der Waals surface area contributed by atoms with Gasteiger partial charge in [0.1, 0.15) is 0 Å². The Morgan fingerprint density at radius 2 is 1.96 bits per heavy atom. The van der Waals surface area contributed by atoms with Crippen LogP contribution in [0.5, 0.6) is 11.5 Å². The second-order valence-corrected chi connectivity index (χ2v) is 7.04. The SMILES string of the molecule is O=C1CC[C@]23C[C@@H](O)[C@H](O)[C@H]2c2cc4c(cc2CCN13)OCO4. The van der Waals surface area contributed by atoms with Crippen LogP contribution in [-0.4, -0.2) is 52.1 Å². The van der Waals surface area contributed by atoms with E-state index in [-0.39, 0.29) is 18.6 Å². The summed E-state index contributed by atoms with van der Waals surface area (Å²) in [6.45, 7) is 0.839. The number of amides is 1. The first-order valence-corrected chi connectivity index (χ1v) is 8.19. The van der Waals surface area contributed by atoms with Crippen molar-refractivity contribution in [3.05, 3.63) is 23.3 Å². The summed E-state index contributed by atoms with van der Waals surface area (Å²) in [4.78, 5) is 14.3. The van der Waals surface area contributed by atoms with E-state index >= 15 is 0 Å². The van der Waals surface area contributed by atoms with Gasteiger partial charge in [0, 0.05) is 18.9 Å². The Bertz CT molecular complexity index is 704. The average Bonchev–Trinajstić information content (AvgIpc) is 3.14. The molecule has 4 atom stereocenters. The molecular weight excluding hydrogens is 298 g/mol. The minimum atomic E-state index is -0.861. The molecule has 1 aromatic carbocycles. The number of aliphatic hydroxyl groups excluding tert-OH is 2. The molecule has 4 aliphatic rings. The molecule has 6 heteroatoms. The summed E-state index contributed by atoms with van der Waals surface area (Å²) in [5, 5.41) is 21.0. The monoisotopic (exact) mass is 317 g/mol. The average molecular weight is 317 g/mol. The Kier molecular flexibility index (Phi) is 2.60. The summed E-state index contributed by atoms with van der Waals surface area (Å²) in [5.74, 6) is 1.27. The standard InChI is InChI=1S/C17H19NO5/c19-11-7-17-3-1-14(20)18(17)4-2-9-5-12-13(23-8-22-12)6-10(9)15(17)16(11)21/h5-6,11,15-16,19,21H,1-4,7-8H2/t11-,15-,16+,17+/m1/s1. The molecule has 122 valence electrons. The molecule has 2 fully saturated rings. The molecule has 3 heterocycles. The topological polar surface area (TPSA) is 79.2 Å². The summed E-state index contributed by atoms with van der Waals surface area (Å²) >= 11 is 0. The maximum absolute atomic E-state index is 12.4. The smallest absolute Gasteiger partial charge is 0.231 e. The first-order chi connectivity index (χ1) is 11.1. The third kappa shape index (κ3) is 1.63. The van der Waals surface area contributed by atoms with Gasteiger partial charge in [0.05, 0.1) is 17.7 Å². The fraction of sp³-hybridized carbons (Fsp3) is 0.588. The quantitative estimate of drug-likeness (QED) is 0.730. The highest BCUT2D eigenvalue weighted by Crippen LogP contribution is 2.55. The van der Waals surface area contributed by atoms with Crippen molar-refractivity contribution in [2.75, 3.05) is 13.3 Å². The lowest BCUT2D eigenvalue weighted by Gasteiger charge is -2.39. The van der Waals surface area contributed by atoms with Crippen LogP contribution >= 0.6 is 0 Å². The maximum Gasteiger partial charge on any atom is 0.231 e. The summed E-state index contributed by atoms with van der Waals surface area (Å²) in [6, 6.07) is 3.91. The molecule has 1 amide bonds. The highest BCUT2D eigenvalue weighted by Gasteiger charge is 2.61. The lowest BCUT2D eigenvalue weighted by molar-refractivity contribution is -0.131. The zero-order chi connectivity index (χ0) is 15.8. The van der Waals surface area contributed by atoms with Crippen molar-refractivity contribution in [3.63, 3.8) is 0 Å². The van der Waals surface area contributed by atoms with Crippen molar-refractivity contribution in [2.45, 2.75) is 49.3 Å². The van der Waals surface area contributed by atoms with Crippen molar-refractivity contribution >= 4 is 5.91 Å². The Labute approximate surface area is 133 Å². The Balaban J connectivity index is 1.71. The number of ether oxygens (including phenoxy) is 2. The second kappa shape index (κ2) is 4.39. The Morgan fingerprint density at radius 3 is 2.78 bits per heavy atom. The third-order valence-corrected chi connectivity index (χ3v) is 6.06. The van der Waals surface area contributed by atoms with Crippen LogP contribution in [0.1, 0.15) is 36.3 Å². The summed E-state index contributed by atoms with van der Waals surface area (Å²) < 4.78 is 11.0. The van der Waals surface area contributed by atoms with Gasteiger partial charge in [-0.25, -0.2) is 0 Å². The van der Waals surface area contributed by atoms with Gasteiger partial charge in [0.15, 0.2) is 11.5 Å². The van der Waals surface area contributed by atoms with Gasteiger partial charge in [-0.1, -0.05) is 0 Å². The van der Waals surface area contributed by atoms with Crippen LogP contribution in [-0.2, 0) is 11.2 Å². The predicted molar refractivity (Wildman–Crippen MR) is 79.3 cm³/mol. The minimum Gasteiger partial charge on any atom is -0.454 e. The van der Waals surface area contributed by atoms with E-state index in [0.717, 1.165) is 23.3 Å². The number of nitrogens with zero attached hydrogens (tertiary/aromatic N) is 1. The minimum absolute atomic E-state index is 0.129. The van der Waals surface area contributed by atoms with E-state index in [1.54, 1.807) is 0 Å². The van der Waals surface area contributed by atoms with Crippen molar-refractivity contribution in [2.24, 2.45) is 0 Å². The summed E-state index contributed by atoms with van der Waals surface area (Å²) in [7, 11) is 0. The van der Waals surface area contributed by atoms with E-state index in [4.69, 9.17) is 9.47 Å². The largest absolute Gasteiger partial charge is 0.454 e. The zero-order valence-corrected chi connectivity index (χ0v) is 12.7. The molecule has 1 aromatic rings. The van der Waals surface area contributed by atoms with Crippen LogP contribution in [0.3, 0.4) is 0 Å². The molecule has 1 spiro atoms. The van der Waals surface area contributed by atoms with Gasteiger partial charge in [-0.15, -0.1) is 0 Å². The Hall–Kier alpha value is -1.79. The highest BCUT2D eigenvalue weighted by atomic mass is 16.7. The maximum atomic E-state index is 12.4. The first kappa shape index (κ1) is 13.6. The lowest BCUT2D eigenvalue weighted by atomic mass is 9.78. The zero-order valence-electron chi connectivity index (χ0n) is 12.7. The van der Waals surface area contributed by atoms with Gasteiger partial charge in [-0.05, 0) is 42.5 Å². The fourth-order valence-electron chi connectivity index (χ4n) is 5.09. The van der Waals surface area contributed by atoms with Crippen LogP contribution in [0.25, 0.3) is 0 Å². The van der Waals surface area contributed by atoms with E-state index in [9.17, 15) is 15.0 Å². The molecule has 23 heavy (non-hydrogen) atoms.